The molecule has 0 aromatic carbocycles. The third kappa shape index (κ3) is 5.30. The van der Waals surface area contributed by atoms with Crippen molar-refractivity contribution in [3.8, 4) is 0 Å². The highest BCUT2D eigenvalue weighted by Gasteiger charge is 2.60. The van der Waals surface area contributed by atoms with Crippen molar-refractivity contribution in [3.63, 3.8) is 0 Å². The van der Waals surface area contributed by atoms with Crippen LogP contribution < -0.4 is 0 Å². The molecule has 7 atom stereocenters. The van der Waals surface area contributed by atoms with Gasteiger partial charge in [0.15, 0.2) is 0 Å². The van der Waals surface area contributed by atoms with Crippen molar-refractivity contribution in [2.45, 2.75) is 117 Å². The van der Waals surface area contributed by atoms with Crippen molar-refractivity contribution in [2.24, 2.45) is 40.9 Å². The van der Waals surface area contributed by atoms with Gasteiger partial charge in [0, 0.05) is 18.8 Å². The van der Waals surface area contributed by atoms with Gasteiger partial charge in [-0.05, 0) is 86.9 Å². The molecule has 2 aliphatic carbocycles. The lowest BCUT2D eigenvalue weighted by Crippen LogP contribution is -2.55. The highest BCUT2D eigenvalue weighted by molar-refractivity contribution is 5.71. The Kier molecular flexibility index (Phi) is 7.79. The molecule has 0 amide bonds. The Morgan fingerprint density at radius 1 is 1.06 bits per heavy atom. The lowest BCUT2D eigenvalue weighted by Gasteiger charge is -2.56. The van der Waals surface area contributed by atoms with Crippen molar-refractivity contribution in [1.29, 1.82) is 0 Å². The largest absolute Gasteiger partial charge is 0.481 e. The van der Waals surface area contributed by atoms with Crippen LogP contribution in [0.4, 0.5) is 0 Å². The summed E-state index contributed by atoms with van der Waals surface area (Å²) in [4.78, 5) is 23.5. The second-order valence-electron chi connectivity index (χ2n) is 12.0. The van der Waals surface area contributed by atoms with Crippen LogP contribution in [0, 0.1) is 40.9 Å². The number of carbonyl (C=O) groups is 2. The number of fused-ring (bicyclic) bond motifs is 3. The summed E-state index contributed by atoms with van der Waals surface area (Å²) < 4.78 is 6.00. The molecule has 4 heteroatoms. The van der Waals surface area contributed by atoms with Gasteiger partial charge in [-0.25, -0.2) is 0 Å². The van der Waals surface area contributed by atoms with Gasteiger partial charge < -0.3 is 9.84 Å². The molecule has 3 fully saturated rings. The molecule has 1 heterocycles. The highest BCUT2D eigenvalue weighted by Crippen LogP contribution is 2.64. The third-order valence-corrected chi connectivity index (χ3v) is 9.49. The fourth-order valence-electron chi connectivity index (χ4n) is 7.91. The Morgan fingerprint density at radius 3 is 2.48 bits per heavy atom. The van der Waals surface area contributed by atoms with Gasteiger partial charge in [-0.2, -0.15) is 0 Å². The van der Waals surface area contributed by atoms with Gasteiger partial charge in [0.05, 0.1) is 0 Å². The minimum atomic E-state index is -0.739. The van der Waals surface area contributed by atoms with Gasteiger partial charge in [-0.3, -0.25) is 9.59 Å². The van der Waals surface area contributed by atoms with Crippen LogP contribution in [0.3, 0.4) is 0 Å². The number of carboxylic acids is 1. The summed E-state index contributed by atoms with van der Waals surface area (Å²) in [6.45, 7) is 11.8. The Bertz CT molecular complexity index is 643. The predicted molar refractivity (Wildman–Crippen MR) is 124 cm³/mol. The van der Waals surface area contributed by atoms with Crippen LogP contribution in [0.25, 0.3) is 0 Å². The molecule has 0 aromatic rings. The minimum absolute atomic E-state index is 0.0281. The van der Waals surface area contributed by atoms with E-state index in [-0.39, 0.29) is 12.4 Å². The van der Waals surface area contributed by atoms with Crippen LogP contribution in [-0.4, -0.2) is 22.6 Å². The summed E-state index contributed by atoms with van der Waals surface area (Å²) in [7, 11) is 0. The zero-order chi connectivity index (χ0) is 22.8. The summed E-state index contributed by atoms with van der Waals surface area (Å²) >= 11 is 0. The van der Waals surface area contributed by atoms with Gasteiger partial charge in [-0.15, -0.1) is 0 Å². The van der Waals surface area contributed by atoms with E-state index in [1.807, 2.05) is 0 Å². The molecule has 1 aliphatic heterocycles. The second-order valence-corrected chi connectivity index (χ2v) is 12.0. The summed E-state index contributed by atoms with van der Waals surface area (Å²) in [5.74, 6) is 3.08. The average Bonchev–Trinajstić information content (AvgIpc) is 3.02. The Hall–Kier alpha value is -1.06. The number of unbranched alkanes of at least 4 members (excludes halogenated alkanes) is 1. The predicted octanol–water partition coefficient (Wildman–Crippen LogP) is 6.86. The first-order valence-corrected chi connectivity index (χ1v) is 13.0. The van der Waals surface area contributed by atoms with Gasteiger partial charge >= 0.3 is 11.9 Å². The zero-order valence-corrected chi connectivity index (χ0v) is 20.6. The van der Waals surface area contributed by atoms with E-state index in [4.69, 9.17) is 9.84 Å². The molecule has 3 aliphatic rings. The van der Waals surface area contributed by atoms with Crippen molar-refractivity contribution in [3.05, 3.63) is 0 Å². The zero-order valence-electron chi connectivity index (χ0n) is 20.6. The SMILES string of the molecule is CC(C)CCCC(C)[C@H]1CCC2C3CC(=O)OC(C)(CCCCC(=O)O)C3CCC21C. The van der Waals surface area contributed by atoms with Crippen molar-refractivity contribution < 1.29 is 19.4 Å². The van der Waals surface area contributed by atoms with Crippen LogP contribution in [-0.2, 0) is 14.3 Å². The van der Waals surface area contributed by atoms with E-state index in [0.717, 1.165) is 37.0 Å². The van der Waals surface area contributed by atoms with E-state index >= 15 is 0 Å². The molecule has 4 nitrogen and oxygen atoms in total. The van der Waals surface area contributed by atoms with E-state index < -0.39 is 11.6 Å². The summed E-state index contributed by atoms with van der Waals surface area (Å²) in [6.07, 6.45) is 12.0. The number of ether oxygens (including phenoxy) is 1. The summed E-state index contributed by atoms with van der Waals surface area (Å²) in [5.41, 5.74) is -0.0545. The van der Waals surface area contributed by atoms with Crippen LogP contribution in [0.1, 0.15) is 112 Å². The molecule has 178 valence electrons. The molecule has 31 heavy (non-hydrogen) atoms. The van der Waals surface area contributed by atoms with Crippen molar-refractivity contribution in [1.82, 2.24) is 0 Å². The molecule has 0 bridgehead atoms. The minimum Gasteiger partial charge on any atom is -0.481 e. The average molecular weight is 435 g/mol. The van der Waals surface area contributed by atoms with Crippen LogP contribution in [0.2, 0.25) is 0 Å². The lowest BCUT2D eigenvalue weighted by molar-refractivity contribution is -0.197. The normalized spacial score (nSPS) is 38.5. The monoisotopic (exact) mass is 434 g/mol. The number of cyclic esters (lactones) is 1. The molecular weight excluding hydrogens is 388 g/mol. The van der Waals surface area contributed by atoms with Gasteiger partial charge in [0.25, 0.3) is 0 Å². The number of aliphatic carboxylic acids is 1. The van der Waals surface area contributed by atoms with E-state index in [1.165, 1.54) is 38.5 Å². The lowest BCUT2D eigenvalue weighted by atomic mass is 9.52. The molecule has 1 N–H and O–H groups in total. The number of carboxylic acid groups (broad SMARTS) is 1. The van der Waals surface area contributed by atoms with E-state index in [2.05, 4.69) is 34.6 Å². The highest BCUT2D eigenvalue weighted by atomic mass is 16.6. The first-order valence-electron chi connectivity index (χ1n) is 13.0. The van der Waals surface area contributed by atoms with E-state index in [9.17, 15) is 9.59 Å². The maximum Gasteiger partial charge on any atom is 0.306 e. The van der Waals surface area contributed by atoms with Gasteiger partial charge in [0.1, 0.15) is 5.60 Å². The molecule has 2 saturated carbocycles. The molecule has 1 saturated heterocycles. The quantitative estimate of drug-likeness (QED) is 0.301. The summed E-state index contributed by atoms with van der Waals surface area (Å²) in [5, 5.41) is 8.94. The number of rotatable bonds is 10. The number of hydrogen-bond acceptors (Lipinski definition) is 3. The van der Waals surface area contributed by atoms with Crippen molar-refractivity contribution >= 4 is 11.9 Å². The standard InChI is InChI=1S/C27H46O4/c1-18(2)9-8-10-19(3)21-12-13-22-20-17-25(30)31-27(5,15-7-6-11-24(28)29)23(20)14-16-26(21,22)4/h18-23H,6-17H2,1-5H3,(H,28,29)/t19?,20?,21-,22?,23?,26?,27?/m1/s1. The maximum atomic E-state index is 12.7. The van der Waals surface area contributed by atoms with Crippen molar-refractivity contribution in [2.75, 3.05) is 0 Å². The molecule has 3 rings (SSSR count). The molecular formula is C27H46O4. The van der Waals surface area contributed by atoms with Crippen LogP contribution in [0.5, 0.6) is 0 Å². The summed E-state index contributed by atoms with van der Waals surface area (Å²) in [6, 6.07) is 0. The number of hydrogen-bond donors (Lipinski definition) is 1. The van der Waals surface area contributed by atoms with E-state index in [1.54, 1.807) is 0 Å². The number of esters is 1. The topological polar surface area (TPSA) is 63.6 Å². The van der Waals surface area contributed by atoms with Gasteiger partial charge in [0.2, 0.25) is 0 Å². The second kappa shape index (κ2) is 9.83. The fourth-order valence-corrected chi connectivity index (χ4v) is 7.91. The maximum absolute atomic E-state index is 12.7. The number of carbonyl (C=O) groups excluding carboxylic acids is 1. The molecule has 6 unspecified atom stereocenters. The Balaban J connectivity index is 1.68. The van der Waals surface area contributed by atoms with E-state index in [0.29, 0.717) is 36.0 Å². The Labute approximate surface area is 189 Å². The molecule has 0 radical (unpaired) electrons. The van der Waals surface area contributed by atoms with Gasteiger partial charge in [-0.1, -0.05) is 47.0 Å². The first kappa shape index (κ1) is 24.6. The molecule has 0 spiro atoms. The van der Waals surface area contributed by atoms with Crippen LogP contribution in [0.15, 0.2) is 0 Å². The smallest absolute Gasteiger partial charge is 0.306 e. The van der Waals surface area contributed by atoms with Crippen LogP contribution >= 0.6 is 0 Å². The Morgan fingerprint density at radius 2 is 1.81 bits per heavy atom. The third-order valence-electron chi connectivity index (χ3n) is 9.49. The molecule has 0 aromatic heterocycles. The fraction of sp³-hybridized carbons (Fsp3) is 0.926. The first-order chi connectivity index (χ1) is 14.6.